The Morgan fingerprint density at radius 3 is 2.59 bits per heavy atom. The van der Waals surface area contributed by atoms with E-state index in [0.717, 1.165) is 29.6 Å². The Bertz CT molecular complexity index is 839. The largest absolute Gasteiger partial charge is 0.348 e. The van der Waals surface area contributed by atoms with Gasteiger partial charge < -0.3 is 9.80 Å². The molecule has 2 aromatic carbocycles. The Kier molecular flexibility index (Phi) is 5.51. The van der Waals surface area contributed by atoms with Gasteiger partial charge in [-0.15, -0.1) is 0 Å². The molecule has 0 radical (unpaired) electrons. The fourth-order valence-electron chi connectivity index (χ4n) is 4.36. The zero-order valence-electron chi connectivity index (χ0n) is 16.3. The van der Waals surface area contributed by atoms with Gasteiger partial charge in [0.15, 0.2) is 0 Å². The third-order valence-electron chi connectivity index (χ3n) is 5.76. The smallest absolute Gasteiger partial charge is 0.102 e. The number of fused-ring (bicyclic) bond motifs is 1. The van der Waals surface area contributed by atoms with E-state index in [-0.39, 0.29) is 6.04 Å². The lowest BCUT2D eigenvalue weighted by Crippen LogP contribution is -2.43. The SMILES string of the molecule is CC1=Nc2ccc(Cl)cc2C(c2cccc(C)c2)N1CCN1CCCCC1. The van der Waals surface area contributed by atoms with E-state index < -0.39 is 0 Å². The van der Waals surface area contributed by atoms with Crippen LogP contribution in [0.2, 0.25) is 5.02 Å². The highest BCUT2D eigenvalue weighted by atomic mass is 35.5. The summed E-state index contributed by atoms with van der Waals surface area (Å²) in [6, 6.07) is 15.1. The minimum atomic E-state index is 0.167. The fourth-order valence-corrected chi connectivity index (χ4v) is 4.54. The first-order valence-electron chi connectivity index (χ1n) is 10.0. The standard InChI is InChI=1S/C23H28ClN3/c1-17-7-6-8-19(15-17)23-21-16-20(24)9-10-22(21)25-18(2)27(23)14-13-26-11-4-3-5-12-26/h6-10,15-16,23H,3-5,11-14H2,1-2H3. The van der Waals surface area contributed by atoms with E-state index in [1.165, 1.54) is 49.0 Å². The molecule has 0 N–H and O–H groups in total. The summed E-state index contributed by atoms with van der Waals surface area (Å²) < 4.78 is 0. The number of hydrogen-bond donors (Lipinski definition) is 0. The normalized spacial score (nSPS) is 20.3. The van der Waals surface area contributed by atoms with Crippen LogP contribution in [0, 0.1) is 6.92 Å². The molecule has 0 bridgehead atoms. The van der Waals surface area contributed by atoms with Gasteiger partial charge in [-0.2, -0.15) is 0 Å². The van der Waals surface area contributed by atoms with E-state index in [9.17, 15) is 0 Å². The molecule has 2 aliphatic heterocycles. The quantitative estimate of drug-likeness (QED) is 0.687. The van der Waals surface area contributed by atoms with Crippen LogP contribution in [0.3, 0.4) is 0 Å². The molecule has 4 heteroatoms. The molecular formula is C23H28ClN3. The first-order chi connectivity index (χ1) is 13.1. The van der Waals surface area contributed by atoms with Gasteiger partial charge in [0, 0.05) is 23.7 Å². The van der Waals surface area contributed by atoms with Crippen molar-refractivity contribution < 1.29 is 0 Å². The van der Waals surface area contributed by atoms with Crippen molar-refractivity contribution >= 4 is 23.1 Å². The van der Waals surface area contributed by atoms with Gasteiger partial charge in [0.05, 0.1) is 11.7 Å². The summed E-state index contributed by atoms with van der Waals surface area (Å²) in [5.74, 6) is 1.09. The van der Waals surface area contributed by atoms with Crippen LogP contribution < -0.4 is 0 Å². The summed E-state index contributed by atoms with van der Waals surface area (Å²) in [7, 11) is 0. The maximum absolute atomic E-state index is 6.37. The summed E-state index contributed by atoms with van der Waals surface area (Å²) in [6.45, 7) is 8.81. The number of hydrogen-bond acceptors (Lipinski definition) is 3. The molecular weight excluding hydrogens is 354 g/mol. The molecule has 3 nitrogen and oxygen atoms in total. The third-order valence-corrected chi connectivity index (χ3v) is 5.99. The topological polar surface area (TPSA) is 18.8 Å². The molecule has 0 amide bonds. The van der Waals surface area contributed by atoms with Crippen molar-refractivity contribution in [3.8, 4) is 0 Å². The monoisotopic (exact) mass is 381 g/mol. The molecule has 0 saturated carbocycles. The molecule has 1 fully saturated rings. The van der Waals surface area contributed by atoms with E-state index in [4.69, 9.17) is 16.6 Å². The van der Waals surface area contributed by atoms with Crippen LogP contribution in [-0.2, 0) is 0 Å². The molecule has 2 aliphatic rings. The molecule has 27 heavy (non-hydrogen) atoms. The van der Waals surface area contributed by atoms with E-state index in [2.05, 4.69) is 54.0 Å². The second kappa shape index (κ2) is 8.04. The highest BCUT2D eigenvalue weighted by Gasteiger charge is 2.30. The van der Waals surface area contributed by atoms with Crippen molar-refractivity contribution in [2.45, 2.75) is 39.2 Å². The number of rotatable bonds is 4. The average molecular weight is 382 g/mol. The predicted molar refractivity (Wildman–Crippen MR) is 114 cm³/mol. The lowest BCUT2D eigenvalue weighted by atomic mass is 9.93. The highest BCUT2D eigenvalue weighted by molar-refractivity contribution is 6.30. The second-order valence-corrected chi connectivity index (χ2v) is 8.21. The van der Waals surface area contributed by atoms with Crippen LogP contribution in [0.15, 0.2) is 47.5 Å². The fraction of sp³-hybridized carbons (Fsp3) is 0.435. The number of piperidine rings is 1. The molecule has 1 atom stereocenters. The van der Waals surface area contributed by atoms with Crippen LogP contribution in [0.25, 0.3) is 0 Å². The van der Waals surface area contributed by atoms with Crippen molar-refractivity contribution in [3.05, 3.63) is 64.2 Å². The molecule has 0 aliphatic carbocycles. The molecule has 2 heterocycles. The number of aryl methyl sites for hydroxylation is 1. The number of nitrogens with zero attached hydrogens (tertiary/aromatic N) is 3. The second-order valence-electron chi connectivity index (χ2n) is 7.77. The first kappa shape index (κ1) is 18.5. The van der Waals surface area contributed by atoms with Crippen molar-refractivity contribution in [1.29, 1.82) is 0 Å². The summed E-state index contributed by atoms with van der Waals surface area (Å²) in [6.07, 6.45) is 4.03. The average Bonchev–Trinajstić information content (AvgIpc) is 2.67. The molecule has 1 unspecified atom stereocenters. The van der Waals surface area contributed by atoms with Gasteiger partial charge in [0.1, 0.15) is 5.84 Å². The number of halogens is 1. The summed E-state index contributed by atoms with van der Waals surface area (Å²) in [5.41, 5.74) is 4.84. The minimum Gasteiger partial charge on any atom is -0.348 e. The Balaban J connectivity index is 1.68. The molecule has 1 saturated heterocycles. The maximum atomic E-state index is 6.37. The van der Waals surface area contributed by atoms with Crippen molar-refractivity contribution in [1.82, 2.24) is 9.80 Å². The molecule has 2 aromatic rings. The Hall–Kier alpha value is -1.84. The van der Waals surface area contributed by atoms with Gasteiger partial charge in [-0.25, -0.2) is 4.99 Å². The van der Waals surface area contributed by atoms with Crippen LogP contribution in [-0.4, -0.2) is 41.8 Å². The zero-order chi connectivity index (χ0) is 18.8. The lowest BCUT2D eigenvalue weighted by molar-refractivity contribution is 0.201. The van der Waals surface area contributed by atoms with Gasteiger partial charge in [0.2, 0.25) is 0 Å². The van der Waals surface area contributed by atoms with Gasteiger partial charge in [-0.3, -0.25) is 0 Å². The molecule has 4 rings (SSSR count). The molecule has 0 aromatic heterocycles. The Morgan fingerprint density at radius 1 is 1.00 bits per heavy atom. The Morgan fingerprint density at radius 2 is 1.81 bits per heavy atom. The zero-order valence-corrected chi connectivity index (χ0v) is 17.0. The predicted octanol–water partition coefficient (Wildman–Crippen LogP) is 5.59. The third kappa shape index (κ3) is 4.04. The minimum absolute atomic E-state index is 0.167. The number of benzene rings is 2. The van der Waals surface area contributed by atoms with E-state index in [0.29, 0.717) is 0 Å². The lowest BCUT2D eigenvalue weighted by Gasteiger charge is -2.39. The van der Waals surface area contributed by atoms with E-state index in [1.54, 1.807) is 0 Å². The van der Waals surface area contributed by atoms with E-state index >= 15 is 0 Å². The van der Waals surface area contributed by atoms with Crippen LogP contribution in [0.4, 0.5) is 5.69 Å². The molecule has 0 spiro atoms. The van der Waals surface area contributed by atoms with Gasteiger partial charge >= 0.3 is 0 Å². The summed E-state index contributed by atoms with van der Waals surface area (Å²) in [5, 5.41) is 0.775. The van der Waals surface area contributed by atoms with Gasteiger partial charge in [0.25, 0.3) is 0 Å². The number of aliphatic imine (C=N–C) groups is 1. The summed E-state index contributed by atoms with van der Waals surface area (Å²) >= 11 is 6.37. The van der Waals surface area contributed by atoms with Gasteiger partial charge in [-0.1, -0.05) is 47.9 Å². The maximum Gasteiger partial charge on any atom is 0.102 e. The van der Waals surface area contributed by atoms with Crippen molar-refractivity contribution in [2.75, 3.05) is 26.2 Å². The van der Waals surface area contributed by atoms with Crippen LogP contribution in [0.5, 0.6) is 0 Å². The van der Waals surface area contributed by atoms with E-state index in [1.807, 2.05) is 12.1 Å². The van der Waals surface area contributed by atoms with Crippen molar-refractivity contribution in [2.24, 2.45) is 4.99 Å². The molecule has 142 valence electrons. The van der Waals surface area contributed by atoms with Crippen LogP contribution >= 0.6 is 11.6 Å². The van der Waals surface area contributed by atoms with Crippen molar-refractivity contribution in [3.63, 3.8) is 0 Å². The Labute approximate surface area is 167 Å². The first-order valence-corrected chi connectivity index (χ1v) is 10.4. The number of amidine groups is 1. The number of likely N-dealkylation sites (tertiary alicyclic amines) is 1. The van der Waals surface area contributed by atoms with Gasteiger partial charge in [-0.05, 0) is 63.5 Å². The van der Waals surface area contributed by atoms with Crippen LogP contribution in [0.1, 0.15) is 48.9 Å². The highest BCUT2D eigenvalue weighted by Crippen LogP contribution is 2.40. The summed E-state index contributed by atoms with van der Waals surface area (Å²) in [4.78, 5) is 9.95.